The molecule has 3 heterocycles. The van der Waals surface area contributed by atoms with E-state index in [-0.39, 0.29) is 23.6 Å². The van der Waals surface area contributed by atoms with Crippen LogP contribution in [0.15, 0.2) is 21.3 Å². The first-order chi connectivity index (χ1) is 13.2. The van der Waals surface area contributed by atoms with Crippen LogP contribution in [0.2, 0.25) is 0 Å². The standard InChI is InChI=1S/C18H24N4O5S/c1-4-28(24,25)21-14-7-13-9-22(16(23)15-5-6-26-11(15)2)10-18(13,8-14)17-19-12(3)20-27-17/h5-6,13-14,21H,4,7-10H2,1-3H3/t13-,14+,18-/m0/s1. The van der Waals surface area contributed by atoms with Crippen molar-refractivity contribution in [2.75, 3.05) is 18.8 Å². The van der Waals surface area contributed by atoms with Gasteiger partial charge in [0.1, 0.15) is 5.76 Å². The summed E-state index contributed by atoms with van der Waals surface area (Å²) >= 11 is 0. The number of nitrogens with one attached hydrogen (secondary N) is 1. The molecule has 0 bridgehead atoms. The molecule has 1 aliphatic heterocycles. The average Bonchev–Trinajstić information content (AvgIpc) is 3.37. The van der Waals surface area contributed by atoms with Crippen molar-refractivity contribution in [1.29, 1.82) is 0 Å². The van der Waals surface area contributed by atoms with Crippen LogP contribution in [0, 0.1) is 19.8 Å². The maximum absolute atomic E-state index is 13.0. The predicted octanol–water partition coefficient (Wildman–Crippen LogP) is 1.39. The number of carbonyl (C=O) groups is 1. The normalized spacial score (nSPS) is 27.3. The van der Waals surface area contributed by atoms with Crippen LogP contribution < -0.4 is 4.72 Å². The Morgan fingerprint density at radius 1 is 1.43 bits per heavy atom. The molecule has 1 N–H and O–H groups in total. The molecule has 1 saturated carbocycles. The lowest BCUT2D eigenvalue weighted by molar-refractivity contribution is 0.0771. The molecule has 1 saturated heterocycles. The second kappa shape index (κ2) is 6.70. The van der Waals surface area contributed by atoms with Crippen LogP contribution in [0.5, 0.6) is 0 Å². The van der Waals surface area contributed by atoms with Crippen LogP contribution in [-0.2, 0) is 15.4 Å². The number of likely N-dealkylation sites (tertiary alicyclic amines) is 1. The number of aromatic nitrogens is 2. The van der Waals surface area contributed by atoms with Gasteiger partial charge in [-0.05, 0) is 45.6 Å². The van der Waals surface area contributed by atoms with E-state index in [0.717, 1.165) is 0 Å². The molecule has 3 atom stereocenters. The molecule has 152 valence electrons. The molecule has 28 heavy (non-hydrogen) atoms. The van der Waals surface area contributed by atoms with Crippen LogP contribution in [-0.4, -0.2) is 54.2 Å². The quantitative estimate of drug-likeness (QED) is 0.794. The van der Waals surface area contributed by atoms with Crippen molar-refractivity contribution in [3.8, 4) is 0 Å². The van der Waals surface area contributed by atoms with Gasteiger partial charge in [-0.3, -0.25) is 4.79 Å². The summed E-state index contributed by atoms with van der Waals surface area (Å²) in [5, 5.41) is 3.92. The summed E-state index contributed by atoms with van der Waals surface area (Å²) < 4.78 is 37.7. The molecule has 2 aromatic heterocycles. The molecule has 1 aliphatic carbocycles. The Bertz CT molecular complexity index is 997. The van der Waals surface area contributed by atoms with Gasteiger partial charge in [0.25, 0.3) is 5.91 Å². The molecule has 0 spiro atoms. The largest absolute Gasteiger partial charge is 0.469 e. The number of nitrogens with zero attached hydrogens (tertiary/aromatic N) is 3. The zero-order valence-corrected chi connectivity index (χ0v) is 17.0. The summed E-state index contributed by atoms with van der Waals surface area (Å²) in [4.78, 5) is 19.2. The first kappa shape index (κ1) is 19.1. The fourth-order valence-electron chi connectivity index (χ4n) is 4.56. The molecule has 2 aromatic rings. The van der Waals surface area contributed by atoms with E-state index in [2.05, 4.69) is 14.9 Å². The summed E-state index contributed by atoms with van der Waals surface area (Å²) in [7, 11) is -3.32. The van der Waals surface area contributed by atoms with E-state index in [1.165, 1.54) is 6.26 Å². The zero-order valence-electron chi connectivity index (χ0n) is 16.1. The van der Waals surface area contributed by atoms with Gasteiger partial charge in [-0.1, -0.05) is 5.16 Å². The Labute approximate surface area is 163 Å². The number of sulfonamides is 1. The van der Waals surface area contributed by atoms with Gasteiger partial charge in [0.2, 0.25) is 15.9 Å². The van der Waals surface area contributed by atoms with Crippen molar-refractivity contribution in [2.24, 2.45) is 5.92 Å². The van der Waals surface area contributed by atoms with Crippen LogP contribution in [0.4, 0.5) is 0 Å². The predicted molar refractivity (Wildman–Crippen MR) is 99.2 cm³/mol. The molecule has 2 fully saturated rings. The Kier molecular flexibility index (Phi) is 4.58. The number of hydrogen-bond acceptors (Lipinski definition) is 7. The van der Waals surface area contributed by atoms with E-state index in [0.29, 0.717) is 49.0 Å². The number of rotatable bonds is 5. The monoisotopic (exact) mass is 408 g/mol. The number of furan rings is 1. The van der Waals surface area contributed by atoms with Gasteiger partial charge in [-0.25, -0.2) is 13.1 Å². The lowest BCUT2D eigenvalue weighted by Gasteiger charge is -2.25. The number of aryl methyl sites for hydroxylation is 2. The second-order valence-corrected chi connectivity index (χ2v) is 9.78. The van der Waals surface area contributed by atoms with Crippen LogP contribution in [0.1, 0.15) is 47.6 Å². The van der Waals surface area contributed by atoms with E-state index in [4.69, 9.17) is 8.94 Å². The van der Waals surface area contributed by atoms with Gasteiger partial charge in [-0.15, -0.1) is 0 Å². The average molecular weight is 408 g/mol. The third-order valence-electron chi connectivity index (χ3n) is 5.93. The van der Waals surface area contributed by atoms with E-state index < -0.39 is 15.4 Å². The number of hydrogen-bond donors (Lipinski definition) is 1. The molecule has 0 unspecified atom stereocenters. The molecule has 4 rings (SSSR count). The SMILES string of the molecule is CCS(=O)(=O)N[C@@H]1C[C@H]2CN(C(=O)c3ccoc3C)C[C@@]2(c2nc(C)no2)C1. The highest BCUT2D eigenvalue weighted by Gasteiger charge is 2.58. The minimum atomic E-state index is -3.32. The first-order valence-corrected chi connectivity index (χ1v) is 11.0. The van der Waals surface area contributed by atoms with Crippen molar-refractivity contribution in [3.63, 3.8) is 0 Å². The van der Waals surface area contributed by atoms with Gasteiger partial charge in [0.05, 0.1) is 23.0 Å². The maximum atomic E-state index is 13.0. The van der Waals surface area contributed by atoms with Crippen molar-refractivity contribution >= 4 is 15.9 Å². The highest BCUT2D eigenvalue weighted by molar-refractivity contribution is 7.89. The minimum absolute atomic E-state index is 0.0329. The van der Waals surface area contributed by atoms with Crippen molar-refractivity contribution in [2.45, 2.75) is 45.1 Å². The van der Waals surface area contributed by atoms with E-state index in [1.54, 1.807) is 31.7 Å². The second-order valence-electron chi connectivity index (χ2n) is 7.73. The van der Waals surface area contributed by atoms with Crippen LogP contribution >= 0.6 is 0 Å². The third-order valence-corrected chi connectivity index (χ3v) is 7.38. The Morgan fingerprint density at radius 2 is 2.21 bits per heavy atom. The van der Waals surface area contributed by atoms with Gasteiger partial charge in [-0.2, -0.15) is 4.98 Å². The summed E-state index contributed by atoms with van der Waals surface area (Å²) in [6.07, 6.45) is 2.65. The maximum Gasteiger partial charge on any atom is 0.257 e. The number of carbonyl (C=O) groups excluding carboxylic acids is 1. The fraction of sp³-hybridized carbons (Fsp3) is 0.611. The molecular formula is C18H24N4O5S. The van der Waals surface area contributed by atoms with Crippen molar-refractivity contribution in [1.82, 2.24) is 19.8 Å². The third kappa shape index (κ3) is 3.14. The molecule has 9 nitrogen and oxygen atoms in total. The Morgan fingerprint density at radius 3 is 2.82 bits per heavy atom. The van der Waals surface area contributed by atoms with Crippen molar-refractivity contribution in [3.05, 3.63) is 35.4 Å². The number of fused-ring (bicyclic) bond motifs is 1. The highest BCUT2D eigenvalue weighted by atomic mass is 32.2. The highest BCUT2D eigenvalue weighted by Crippen LogP contribution is 2.50. The molecule has 0 aromatic carbocycles. The van der Waals surface area contributed by atoms with Gasteiger partial charge in [0.15, 0.2) is 5.82 Å². The minimum Gasteiger partial charge on any atom is -0.469 e. The molecular weight excluding hydrogens is 384 g/mol. The smallest absolute Gasteiger partial charge is 0.257 e. The zero-order chi connectivity index (χ0) is 20.1. The fourth-order valence-corrected chi connectivity index (χ4v) is 5.41. The van der Waals surface area contributed by atoms with E-state index >= 15 is 0 Å². The Hall–Kier alpha value is -2.20. The van der Waals surface area contributed by atoms with Crippen LogP contribution in [0.25, 0.3) is 0 Å². The summed E-state index contributed by atoms with van der Waals surface area (Å²) in [5.74, 6) is 1.56. The molecule has 10 heteroatoms. The molecule has 1 amide bonds. The van der Waals surface area contributed by atoms with Gasteiger partial charge in [0, 0.05) is 19.1 Å². The van der Waals surface area contributed by atoms with Crippen LogP contribution in [0.3, 0.4) is 0 Å². The first-order valence-electron chi connectivity index (χ1n) is 9.38. The molecule has 0 radical (unpaired) electrons. The summed E-state index contributed by atoms with van der Waals surface area (Å²) in [5.41, 5.74) is -0.00441. The lowest BCUT2D eigenvalue weighted by atomic mass is 9.80. The van der Waals surface area contributed by atoms with Gasteiger partial charge >= 0.3 is 0 Å². The lowest BCUT2D eigenvalue weighted by Crippen LogP contribution is -2.40. The summed E-state index contributed by atoms with van der Waals surface area (Å²) in [6, 6.07) is 1.46. The summed E-state index contributed by atoms with van der Waals surface area (Å²) in [6.45, 7) is 6.04. The van der Waals surface area contributed by atoms with E-state index in [1.807, 2.05) is 0 Å². The topological polar surface area (TPSA) is 119 Å². The van der Waals surface area contributed by atoms with Crippen molar-refractivity contribution < 1.29 is 22.2 Å². The Balaban J connectivity index is 1.63. The number of amides is 1. The van der Waals surface area contributed by atoms with E-state index in [9.17, 15) is 13.2 Å². The molecule has 2 aliphatic rings. The van der Waals surface area contributed by atoms with Gasteiger partial charge < -0.3 is 13.8 Å².